The second-order valence-corrected chi connectivity index (χ2v) is 3.13. The maximum absolute atomic E-state index is 12.3. The Balaban J connectivity index is 2.49. The van der Waals surface area contributed by atoms with Gasteiger partial charge in [0.05, 0.1) is 12.2 Å². The predicted octanol–water partition coefficient (Wildman–Crippen LogP) is 1.95. The Morgan fingerprint density at radius 2 is 2.15 bits per heavy atom. The molecule has 13 heavy (non-hydrogen) atoms. The van der Waals surface area contributed by atoms with E-state index in [0.717, 1.165) is 16.8 Å². The molecule has 2 rings (SSSR count). The fourth-order valence-electron chi connectivity index (χ4n) is 1.52. The van der Waals surface area contributed by atoms with Crippen LogP contribution in [0, 0.1) is 6.92 Å². The number of alkyl halides is 2. The van der Waals surface area contributed by atoms with Crippen molar-refractivity contribution in [3.8, 4) is 0 Å². The van der Waals surface area contributed by atoms with E-state index in [9.17, 15) is 8.78 Å². The Morgan fingerprint density at radius 3 is 2.85 bits per heavy atom. The number of aryl methyl sites for hydroxylation is 1. The van der Waals surface area contributed by atoms with Crippen LogP contribution in [0.2, 0.25) is 0 Å². The summed E-state index contributed by atoms with van der Waals surface area (Å²) in [5.41, 5.74) is 2.48. The van der Waals surface area contributed by atoms with Gasteiger partial charge in [0.25, 0.3) is 6.43 Å². The Bertz CT molecular complexity index is 337. The Hall–Kier alpha value is -1.03. The molecule has 0 bridgehead atoms. The third-order valence-electron chi connectivity index (χ3n) is 2.21. The average molecular weight is 183 g/mol. The van der Waals surface area contributed by atoms with Gasteiger partial charge in [0.15, 0.2) is 0 Å². The van der Waals surface area contributed by atoms with Crippen LogP contribution >= 0.6 is 0 Å². The average Bonchev–Trinajstić information content (AvgIpc) is 2.51. The summed E-state index contributed by atoms with van der Waals surface area (Å²) >= 11 is 0. The molecular weight excluding hydrogens is 174 g/mol. The van der Waals surface area contributed by atoms with Gasteiger partial charge in [-0.2, -0.15) is 0 Å². The summed E-state index contributed by atoms with van der Waals surface area (Å²) < 4.78 is 24.6. The lowest BCUT2D eigenvalue weighted by atomic mass is 10.1. The summed E-state index contributed by atoms with van der Waals surface area (Å²) in [5, 5.41) is 4.11. The maximum atomic E-state index is 12.3. The summed E-state index contributed by atoms with van der Waals surface area (Å²) in [4.78, 5) is 3.87. The predicted molar refractivity (Wildman–Crippen MR) is 43.5 cm³/mol. The van der Waals surface area contributed by atoms with Crippen molar-refractivity contribution in [1.29, 1.82) is 0 Å². The van der Waals surface area contributed by atoms with Crippen molar-refractivity contribution in [2.24, 2.45) is 0 Å². The highest BCUT2D eigenvalue weighted by molar-refractivity contribution is 5.34. The lowest BCUT2D eigenvalue weighted by Crippen LogP contribution is -1.98. The van der Waals surface area contributed by atoms with Crippen LogP contribution in [-0.4, -0.2) is 4.98 Å². The van der Waals surface area contributed by atoms with Crippen LogP contribution in [0.25, 0.3) is 0 Å². The van der Waals surface area contributed by atoms with Gasteiger partial charge < -0.3 is 0 Å². The molecule has 2 heterocycles. The van der Waals surface area contributed by atoms with E-state index in [1.807, 2.05) is 6.92 Å². The molecule has 0 N–H and O–H groups in total. The van der Waals surface area contributed by atoms with Crippen LogP contribution in [0.3, 0.4) is 0 Å². The fourth-order valence-corrected chi connectivity index (χ4v) is 1.52. The molecule has 0 atom stereocenters. The summed E-state index contributed by atoms with van der Waals surface area (Å²) in [5.74, 6) is 0. The van der Waals surface area contributed by atoms with Gasteiger partial charge in [0, 0.05) is 6.54 Å². The molecule has 69 valence electrons. The molecule has 1 radical (unpaired) electrons. The molecule has 1 aromatic heterocycles. The standard InChI is InChI=1S/C9H9F2N2/c1-5-2-7(9(10)11)13-8-4-12-3-6(5)8/h2,9H,3-4H2,1H3. The van der Waals surface area contributed by atoms with E-state index in [1.54, 1.807) is 0 Å². The van der Waals surface area contributed by atoms with E-state index in [-0.39, 0.29) is 5.69 Å². The topological polar surface area (TPSA) is 27.0 Å². The molecule has 4 heteroatoms. The van der Waals surface area contributed by atoms with E-state index in [4.69, 9.17) is 0 Å². The zero-order valence-corrected chi connectivity index (χ0v) is 7.22. The van der Waals surface area contributed by atoms with Gasteiger partial charge in [-0.05, 0) is 24.1 Å². The maximum Gasteiger partial charge on any atom is 0.280 e. The number of nitrogens with zero attached hydrogens (tertiary/aromatic N) is 2. The Kier molecular flexibility index (Phi) is 2.00. The van der Waals surface area contributed by atoms with Crippen LogP contribution in [-0.2, 0) is 13.1 Å². The zero-order valence-electron chi connectivity index (χ0n) is 7.22. The largest absolute Gasteiger partial charge is 0.280 e. The molecule has 0 spiro atoms. The van der Waals surface area contributed by atoms with Gasteiger partial charge in [-0.25, -0.2) is 14.1 Å². The number of fused-ring (bicyclic) bond motifs is 1. The normalized spacial score (nSPS) is 15.1. The fraction of sp³-hybridized carbons (Fsp3) is 0.444. The number of halogens is 2. The van der Waals surface area contributed by atoms with Gasteiger partial charge in [0.2, 0.25) is 0 Å². The van der Waals surface area contributed by atoms with Crippen molar-refractivity contribution in [2.45, 2.75) is 26.4 Å². The van der Waals surface area contributed by atoms with Crippen LogP contribution in [0.4, 0.5) is 8.78 Å². The van der Waals surface area contributed by atoms with Crippen molar-refractivity contribution in [2.75, 3.05) is 0 Å². The van der Waals surface area contributed by atoms with Crippen molar-refractivity contribution < 1.29 is 8.78 Å². The molecule has 0 aliphatic carbocycles. The molecule has 1 aromatic rings. The highest BCUT2D eigenvalue weighted by Crippen LogP contribution is 2.24. The monoisotopic (exact) mass is 183 g/mol. The first-order chi connectivity index (χ1) is 6.18. The zero-order chi connectivity index (χ0) is 9.42. The molecule has 0 aromatic carbocycles. The van der Waals surface area contributed by atoms with Gasteiger partial charge in [-0.3, -0.25) is 4.98 Å². The molecule has 1 aliphatic heterocycles. The van der Waals surface area contributed by atoms with Gasteiger partial charge in [-0.15, -0.1) is 0 Å². The van der Waals surface area contributed by atoms with E-state index < -0.39 is 6.43 Å². The van der Waals surface area contributed by atoms with Crippen molar-refractivity contribution in [3.63, 3.8) is 0 Å². The molecule has 1 aliphatic rings. The van der Waals surface area contributed by atoms with Crippen molar-refractivity contribution in [1.82, 2.24) is 10.3 Å². The highest BCUT2D eigenvalue weighted by atomic mass is 19.3. The Morgan fingerprint density at radius 1 is 1.38 bits per heavy atom. The smallest absolute Gasteiger partial charge is 0.250 e. The summed E-state index contributed by atoms with van der Waals surface area (Å²) in [6.45, 7) is 2.93. The van der Waals surface area contributed by atoms with Crippen LogP contribution in [0.15, 0.2) is 6.07 Å². The van der Waals surface area contributed by atoms with Crippen molar-refractivity contribution in [3.05, 3.63) is 28.6 Å². The minimum atomic E-state index is -2.48. The molecule has 0 amide bonds. The molecule has 0 saturated heterocycles. The van der Waals surface area contributed by atoms with Gasteiger partial charge >= 0.3 is 0 Å². The number of aromatic nitrogens is 1. The summed E-state index contributed by atoms with van der Waals surface area (Å²) in [6, 6.07) is 1.45. The van der Waals surface area contributed by atoms with Gasteiger partial charge in [-0.1, -0.05) is 0 Å². The first-order valence-corrected chi connectivity index (χ1v) is 4.09. The quantitative estimate of drug-likeness (QED) is 0.653. The number of hydrogen-bond acceptors (Lipinski definition) is 1. The minimum absolute atomic E-state index is 0.131. The second kappa shape index (κ2) is 3.03. The molecule has 2 nitrogen and oxygen atoms in total. The highest BCUT2D eigenvalue weighted by Gasteiger charge is 2.19. The lowest BCUT2D eigenvalue weighted by molar-refractivity contribution is 0.145. The number of pyridine rings is 1. The SMILES string of the molecule is Cc1cc(C(F)F)nc2c1C[N]C2. The number of hydrogen-bond donors (Lipinski definition) is 0. The van der Waals surface area contributed by atoms with Crippen LogP contribution in [0.1, 0.15) is 28.9 Å². The van der Waals surface area contributed by atoms with E-state index in [2.05, 4.69) is 10.3 Å². The first kappa shape index (κ1) is 8.56. The molecule has 0 saturated carbocycles. The van der Waals surface area contributed by atoms with E-state index in [0.29, 0.717) is 13.1 Å². The Labute approximate surface area is 75.0 Å². The van der Waals surface area contributed by atoms with Crippen LogP contribution < -0.4 is 5.32 Å². The lowest BCUT2D eigenvalue weighted by Gasteiger charge is -2.05. The van der Waals surface area contributed by atoms with Crippen LogP contribution in [0.5, 0.6) is 0 Å². The number of rotatable bonds is 1. The van der Waals surface area contributed by atoms with Crippen molar-refractivity contribution >= 4 is 0 Å². The minimum Gasteiger partial charge on any atom is -0.250 e. The van der Waals surface area contributed by atoms with Gasteiger partial charge in [0.1, 0.15) is 5.69 Å². The third-order valence-corrected chi connectivity index (χ3v) is 2.21. The third kappa shape index (κ3) is 1.42. The molecule has 0 fully saturated rings. The second-order valence-electron chi connectivity index (χ2n) is 3.13. The van der Waals surface area contributed by atoms with E-state index >= 15 is 0 Å². The first-order valence-electron chi connectivity index (χ1n) is 4.09. The summed E-state index contributed by atoms with van der Waals surface area (Å²) in [7, 11) is 0. The van der Waals surface area contributed by atoms with E-state index in [1.165, 1.54) is 6.07 Å². The molecular formula is C9H9F2N2. The summed E-state index contributed by atoms with van der Waals surface area (Å²) in [6.07, 6.45) is -2.48. The molecule has 0 unspecified atom stereocenters.